The molecule has 0 aromatic carbocycles. The van der Waals surface area contributed by atoms with Gasteiger partial charge in [0.05, 0.1) is 5.69 Å². The SMILES string of the molecule is CCc1c(C)nn2c(N)c(C#N)c(NCCc3cccn(CCNC(=O)OC(C)(C)C)c3=O)nc12. The number of carbonyl (C=O) groups excluding carboxylic acids is 1. The van der Waals surface area contributed by atoms with Crippen molar-refractivity contribution in [3.8, 4) is 6.07 Å². The molecular formula is C24H32N8O3. The van der Waals surface area contributed by atoms with Crippen LogP contribution in [-0.4, -0.2) is 43.9 Å². The predicted molar refractivity (Wildman–Crippen MR) is 133 cm³/mol. The number of nitrogens with one attached hydrogen (secondary N) is 2. The Bertz CT molecular complexity index is 1330. The number of hydrogen-bond donors (Lipinski definition) is 3. The Hall–Kier alpha value is -4.07. The van der Waals surface area contributed by atoms with Crippen LogP contribution in [0.2, 0.25) is 0 Å². The zero-order chi connectivity index (χ0) is 25.8. The van der Waals surface area contributed by atoms with E-state index in [0.29, 0.717) is 36.5 Å². The van der Waals surface area contributed by atoms with Crippen molar-refractivity contribution in [2.75, 3.05) is 24.1 Å². The van der Waals surface area contributed by atoms with Crippen molar-refractivity contribution in [1.29, 1.82) is 5.26 Å². The van der Waals surface area contributed by atoms with E-state index in [-0.39, 0.29) is 23.5 Å². The lowest BCUT2D eigenvalue weighted by Crippen LogP contribution is -2.35. The van der Waals surface area contributed by atoms with E-state index in [0.717, 1.165) is 17.7 Å². The molecule has 0 saturated heterocycles. The molecule has 0 spiro atoms. The molecule has 0 bridgehead atoms. The number of hydrogen-bond acceptors (Lipinski definition) is 8. The zero-order valence-corrected chi connectivity index (χ0v) is 20.8. The molecule has 4 N–H and O–H groups in total. The summed E-state index contributed by atoms with van der Waals surface area (Å²) in [7, 11) is 0. The highest BCUT2D eigenvalue weighted by atomic mass is 16.6. The normalized spacial score (nSPS) is 11.3. The Morgan fingerprint density at radius 2 is 2.06 bits per heavy atom. The molecule has 0 fully saturated rings. The van der Waals surface area contributed by atoms with Gasteiger partial charge in [-0.25, -0.2) is 9.78 Å². The topological polar surface area (TPSA) is 152 Å². The van der Waals surface area contributed by atoms with Crippen LogP contribution in [0.1, 0.15) is 50.1 Å². The number of anilines is 2. The molecule has 35 heavy (non-hydrogen) atoms. The Morgan fingerprint density at radius 3 is 2.71 bits per heavy atom. The Labute approximate surface area is 203 Å². The Balaban J connectivity index is 1.68. The minimum Gasteiger partial charge on any atom is -0.444 e. The van der Waals surface area contributed by atoms with Gasteiger partial charge in [0.2, 0.25) is 0 Å². The lowest BCUT2D eigenvalue weighted by atomic mass is 10.2. The first kappa shape index (κ1) is 25.6. The summed E-state index contributed by atoms with van der Waals surface area (Å²) in [5.41, 5.74) is 8.67. The molecule has 0 unspecified atom stereocenters. The second kappa shape index (κ2) is 10.5. The maximum absolute atomic E-state index is 12.8. The highest BCUT2D eigenvalue weighted by Gasteiger charge is 2.18. The van der Waals surface area contributed by atoms with Gasteiger partial charge in [-0.15, -0.1) is 0 Å². The third kappa shape index (κ3) is 5.90. The number of aryl methyl sites for hydroxylation is 2. The van der Waals surface area contributed by atoms with Crippen molar-refractivity contribution < 1.29 is 9.53 Å². The molecule has 3 heterocycles. The van der Waals surface area contributed by atoms with Gasteiger partial charge < -0.3 is 25.7 Å². The summed E-state index contributed by atoms with van der Waals surface area (Å²) in [5, 5.41) is 19.8. The zero-order valence-electron chi connectivity index (χ0n) is 20.8. The van der Waals surface area contributed by atoms with Crippen LogP contribution in [0.5, 0.6) is 0 Å². The number of aromatic nitrogens is 4. The number of alkyl carbamates (subject to hydrolysis) is 1. The van der Waals surface area contributed by atoms with E-state index in [9.17, 15) is 14.9 Å². The van der Waals surface area contributed by atoms with Crippen molar-refractivity contribution in [3.63, 3.8) is 0 Å². The van der Waals surface area contributed by atoms with Gasteiger partial charge in [-0.05, 0) is 46.6 Å². The smallest absolute Gasteiger partial charge is 0.407 e. The van der Waals surface area contributed by atoms with Crippen LogP contribution in [0, 0.1) is 18.3 Å². The van der Waals surface area contributed by atoms with Crippen LogP contribution in [0.3, 0.4) is 0 Å². The van der Waals surface area contributed by atoms with Crippen molar-refractivity contribution >= 4 is 23.4 Å². The summed E-state index contributed by atoms with van der Waals surface area (Å²) in [6, 6.07) is 5.64. The molecule has 3 rings (SSSR count). The van der Waals surface area contributed by atoms with Gasteiger partial charge in [0.1, 0.15) is 28.9 Å². The van der Waals surface area contributed by atoms with Gasteiger partial charge in [-0.3, -0.25) is 4.79 Å². The van der Waals surface area contributed by atoms with E-state index in [2.05, 4.69) is 26.8 Å². The largest absolute Gasteiger partial charge is 0.444 e. The number of nitrogens with zero attached hydrogens (tertiary/aromatic N) is 5. The van der Waals surface area contributed by atoms with E-state index in [1.807, 2.05) is 13.8 Å². The van der Waals surface area contributed by atoms with E-state index >= 15 is 0 Å². The molecule has 0 aliphatic heterocycles. The predicted octanol–water partition coefficient (Wildman–Crippen LogP) is 2.40. The van der Waals surface area contributed by atoms with Gasteiger partial charge in [0, 0.05) is 37.0 Å². The van der Waals surface area contributed by atoms with Crippen LogP contribution in [0.25, 0.3) is 5.65 Å². The minimum absolute atomic E-state index is 0.150. The number of rotatable bonds is 8. The Morgan fingerprint density at radius 1 is 1.31 bits per heavy atom. The first-order chi connectivity index (χ1) is 16.6. The molecule has 3 aromatic rings. The van der Waals surface area contributed by atoms with Gasteiger partial charge in [-0.1, -0.05) is 13.0 Å². The van der Waals surface area contributed by atoms with Crippen molar-refractivity contribution in [1.82, 2.24) is 24.5 Å². The first-order valence-electron chi connectivity index (χ1n) is 11.5. The summed E-state index contributed by atoms with van der Waals surface area (Å²) in [6.45, 7) is 10.2. The highest BCUT2D eigenvalue weighted by Crippen LogP contribution is 2.24. The number of ether oxygens (including phenoxy) is 1. The van der Waals surface area contributed by atoms with E-state index in [1.165, 1.54) is 9.08 Å². The molecule has 3 aromatic heterocycles. The highest BCUT2D eigenvalue weighted by molar-refractivity contribution is 5.69. The van der Waals surface area contributed by atoms with E-state index in [1.54, 1.807) is 39.1 Å². The van der Waals surface area contributed by atoms with Gasteiger partial charge in [-0.2, -0.15) is 14.9 Å². The molecule has 186 valence electrons. The molecule has 0 atom stereocenters. The van der Waals surface area contributed by atoms with E-state index in [4.69, 9.17) is 10.5 Å². The summed E-state index contributed by atoms with van der Waals surface area (Å²) >= 11 is 0. The van der Waals surface area contributed by atoms with Crippen molar-refractivity contribution in [2.24, 2.45) is 0 Å². The molecule has 0 saturated carbocycles. The maximum Gasteiger partial charge on any atom is 0.407 e. The minimum atomic E-state index is -0.585. The third-order valence-electron chi connectivity index (χ3n) is 5.37. The number of pyridine rings is 1. The van der Waals surface area contributed by atoms with E-state index < -0.39 is 11.7 Å². The molecular weight excluding hydrogens is 448 g/mol. The number of nitrogens with two attached hydrogens (primary N) is 1. The second-order valence-electron chi connectivity index (χ2n) is 9.12. The molecule has 0 aliphatic rings. The summed E-state index contributed by atoms with van der Waals surface area (Å²) in [4.78, 5) is 29.3. The lowest BCUT2D eigenvalue weighted by molar-refractivity contribution is 0.0526. The quantitative estimate of drug-likeness (QED) is 0.444. The third-order valence-corrected chi connectivity index (χ3v) is 5.37. The van der Waals surface area contributed by atoms with Crippen LogP contribution in [0.4, 0.5) is 16.4 Å². The molecule has 0 aliphatic carbocycles. The molecule has 11 nitrogen and oxygen atoms in total. The van der Waals surface area contributed by atoms with Gasteiger partial charge in [0.15, 0.2) is 5.65 Å². The van der Waals surface area contributed by atoms with Crippen molar-refractivity contribution in [3.05, 3.63) is 51.1 Å². The fourth-order valence-corrected chi connectivity index (χ4v) is 3.73. The maximum atomic E-state index is 12.8. The van der Waals surface area contributed by atoms with Crippen LogP contribution < -0.4 is 21.9 Å². The lowest BCUT2D eigenvalue weighted by Gasteiger charge is -2.19. The van der Waals surface area contributed by atoms with Crippen molar-refractivity contribution in [2.45, 2.75) is 59.6 Å². The number of nitriles is 1. The molecule has 0 radical (unpaired) electrons. The molecule has 11 heteroatoms. The number of fused-ring (bicyclic) bond motifs is 1. The monoisotopic (exact) mass is 480 g/mol. The fraction of sp³-hybridized carbons (Fsp3) is 0.458. The summed E-state index contributed by atoms with van der Waals surface area (Å²) in [6.07, 6.45) is 2.30. The Kier molecular flexibility index (Phi) is 7.64. The van der Waals surface area contributed by atoms with Crippen LogP contribution >= 0.6 is 0 Å². The van der Waals surface area contributed by atoms with Gasteiger partial charge >= 0.3 is 6.09 Å². The standard InChI is InChI=1S/C24H32N8O3/c1-6-17-15(2)30-32-19(26)18(14-25)20(29-21(17)32)27-10-9-16-8-7-12-31(22(16)33)13-11-28-23(34)35-24(3,4)5/h7-8,12H,6,9-11,13,26H2,1-5H3,(H,27,29)(H,28,34). The average Bonchev–Trinajstić information content (AvgIpc) is 3.10. The van der Waals surface area contributed by atoms with Gasteiger partial charge in [0.25, 0.3) is 5.56 Å². The average molecular weight is 481 g/mol. The van der Waals surface area contributed by atoms with Crippen LogP contribution in [0.15, 0.2) is 23.1 Å². The summed E-state index contributed by atoms with van der Waals surface area (Å²) < 4.78 is 8.24. The number of amides is 1. The fourth-order valence-electron chi connectivity index (χ4n) is 3.73. The number of carbonyl (C=O) groups is 1. The van der Waals surface area contributed by atoms with Crippen LogP contribution in [-0.2, 0) is 24.1 Å². The summed E-state index contributed by atoms with van der Waals surface area (Å²) in [5.74, 6) is 0.590. The number of nitrogen functional groups attached to an aromatic ring is 1. The second-order valence-corrected chi connectivity index (χ2v) is 9.12. The first-order valence-corrected chi connectivity index (χ1v) is 11.5. The molecule has 1 amide bonds.